The SMILES string of the molecule is Cc1ccc(-c2nc(=S)n(CN3CCN(c4cc(C#N)ccn4)CC3)[nH]2)cc1. The summed E-state index contributed by atoms with van der Waals surface area (Å²) in [6.07, 6.45) is 1.69. The minimum atomic E-state index is 0.557. The normalized spacial score (nSPS) is 14.8. The predicted octanol–water partition coefficient (Wildman–Crippen LogP) is 2.96. The summed E-state index contributed by atoms with van der Waals surface area (Å²) in [5, 5.41) is 12.4. The lowest BCUT2D eigenvalue weighted by Crippen LogP contribution is -2.47. The second-order valence-electron chi connectivity index (χ2n) is 6.91. The van der Waals surface area contributed by atoms with Crippen molar-refractivity contribution in [1.29, 1.82) is 5.26 Å². The highest BCUT2D eigenvalue weighted by molar-refractivity contribution is 7.71. The molecule has 0 amide bonds. The van der Waals surface area contributed by atoms with Crippen molar-refractivity contribution in [3.8, 4) is 17.5 Å². The third kappa shape index (κ3) is 3.96. The van der Waals surface area contributed by atoms with Gasteiger partial charge in [0.2, 0.25) is 4.77 Å². The maximum Gasteiger partial charge on any atom is 0.217 e. The van der Waals surface area contributed by atoms with Crippen LogP contribution in [0.15, 0.2) is 42.6 Å². The van der Waals surface area contributed by atoms with Gasteiger partial charge in [-0.2, -0.15) is 10.2 Å². The number of anilines is 1. The summed E-state index contributed by atoms with van der Waals surface area (Å²) >= 11 is 5.44. The summed E-state index contributed by atoms with van der Waals surface area (Å²) < 4.78 is 2.47. The van der Waals surface area contributed by atoms with E-state index in [-0.39, 0.29) is 0 Å². The standard InChI is InChI=1S/C20H21N7S/c1-15-2-4-17(5-3-15)19-23-20(28)27(24-19)14-25-8-10-26(11-9-25)18-12-16(13-21)6-7-22-18/h2-7,12H,8-11,14H2,1H3,(H,23,24,28). The molecule has 1 aliphatic rings. The van der Waals surface area contributed by atoms with Crippen LogP contribution in [0.4, 0.5) is 5.82 Å². The van der Waals surface area contributed by atoms with Crippen LogP contribution in [0.5, 0.6) is 0 Å². The largest absolute Gasteiger partial charge is 0.354 e. The molecule has 1 aromatic carbocycles. The number of hydrogen-bond acceptors (Lipinski definition) is 6. The molecular weight excluding hydrogens is 370 g/mol. The van der Waals surface area contributed by atoms with E-state index in [1.165, 1.54) is 5.56 Å². The van der Waals surface area contributed by atoms with Gasteiger partial charge in [0.05, 0.1) is 18.3 Å². The van der Waals surface area contributed by atoms with Gasteiger partial charge in [-0.15, -0.1) is 0 Å². The average Bonchev–Trinajstić information content (AvgIpc) is 3.09. The van der Waals surface area contributed by atoms with E-state index in [0.717, 1.165) is 43.4 Å². The van der Waals surface area contributed by atoms with Gasteiger partial charge >= 0.3 is 0 Å². The predicted molar refractivity (Wildman–Crippen MR) is 110 cm³/mol. The summed E-state index contributed by atoms with van der Waals surface area (Å²) in [6, 6.07) is 14.0. The average molecular weight is 392 g/mol. The number of rotatable bonds is 4. The first-order chi connectivity index (χ1) is 13.6. The molecule has 4 rings (SSSR count). The quantitative estimate of drug-likeness (QED) is 0.689. The first-order valence-electron chi connectivity index (χ1n) is 9.20. The smallest absolute Gasteiger partial charge is 0.217 e. The summed E-state index contributed by atoms with van der Waals surface area (Å²) in [7, 11) is 0. The molecule has 1 saturated heterocycles. The van der Waals surface area contributed by atoms with E-state index in [2.05, 4.69) is 62.1 Å². The Morgan fingerprint density at radius 1 is 1.14 bits per heavy atom. The van der Waals surface area contributed by atoms with Crippen molar-refractivity contribution in [2.24, 2.45) is 0 Å². The molecule has 3 aromatic rings. The topological polar surface area (TPSA) is 76.8 Å². The van der Waals surface area contributed by atoms with Crippen LogP contribution in [-0.2, 0) is 6.67 Å². The van der Waals surface area contributed by atoms with Crippen LogP contribution < -0.4 is 4.90 Å². The van der Waals surface area contributed by atoms with Gasteiger partial charge in [0.15, 0.2) is 5.82 Å². The van der Waals surface area contributed by atoms with Crippen molar-refractivity contribution in [2.45, 2.75) is 13.6 Å². The Bertz CT molecular complexity index is 1050. The fraction of sp³-hybridized carbons (Fsp3) is 0.300. The number of piperazine rings is 1. The Labute approximate surface area is 168 Å². The fourth-order valence-corrected chi connectivity index (χ4v) is 3.47. The number of hydrogen-bond donors (Lipinski definition) is 1. The molecule has 2 aromatic heterocycles. The van der Waals surface area contributed by atoms with E-state index in [1.54, 1.807) is 12.3 Å². The van der Waals surface area contributed by atoms with Gasteiger partial charge < -0.3 is 4.90 Å². The molecule has 0 aliphatic carbocycles. The van der Waals surface area contributed by atoms with Crippen molar-refractivity contribution >= 4 is 18.0 Å². The van der Waals surface area contributed by atoms with E-state index in [9.17, 15) is 0 Å². The minimum absolute atomic E-state index is 0.557. The second kappa shape index (κ2) is 7.92. The summed E-state index contributed by atoms with van der Waals surface area (Å²) in [5.41, 5.74) is 2.89. The zero-order chi connectivity index (χ0) is 19.5. The Kier molecular flexibility index (Phi) is 5.19. The molecule has 1 fully saturated rings. The van der Waals surface area contributed by atoms with Crippen LogP contribution in [0.2, 0.25) is 0 Å². The molecule has 0 bridgehead atoms. The number of pyridine rings is 1. The number of nitriles is 1. The Morgan fingerprint density at radius 3 is 2.61 bits per heavy atom. The lowest BCUT2D eigenvalue weighted by atomic mass is 10.1. The molecule has 0 atom stereocenters. The molecule has 0 unspecified atom stereocenters. The van der Waals surface area contributed by atoms with Gasteiger partial charge in [0.1, 0.15) is 5.82 Å². The van der Waals surface area contributed by atoms with Crippen LogP contribution in [0.1, 0.15) is 11.1 Å². The molecule has 142 valence electrons. The maximum absolute atomic E-state index is 9.06. The lowest BCUT2D eigenvalue weighted by molar-refractivity contribution is 0.194. The molecule has 1 aliphatic heterocycles. The third-order valence-corrected chi connectivity index (χ3v) is 5.23. The highest BCUT2D eigenvalue weighted by Gasteiger charge is 2.19. The molecule has 8 heteroatoms. The molecule has 0 radical (unpaired) electrons. The third-order valence-electron chi connectivity index (χ3n) is 4.92. The number of aromatic nitrogens is 4. The minimum Gasteiger partial charge on any atom is -0.354 e. The monoisotopic (exact) mass is 391 g/mol. The molecule has 0 saturated carbocycles. The van der Waals surface area contributed by atoms with Crippen LogP contribution in [-0.4, -0.2) is 50.8 Å². The maximum atomic E-state index is 9.06. The van der Waals surface area contributed by atoms with Gasteiger partial charge in [0.25, 0.3) is 0 Å². The molecule has 3 heterocycles. The van der Waals surface area contributed by atoms with Gasteiger partial charge in [-0.25, -0.2) is 9.67 Å². The van der Waals surface area contributed by atoms with Crippen molar-refractivity contribution < 1.29 is 0 Å². The van der Waals surface area contributed by atoms with E-state index < -0.39 is 0 Å². The van der Waals surface area contributed by atoms with E-state index in [4.69, 9.17) is 17.5 Å². The van der Waals surface area contributed by atoms with Crippen molar-refractivity contribution in [2.75, 3.05) is 31.1 Å². The molecular formula is C20H21N7S. The zero-order valence-electron chi connectivity index (χ0n) is 15.7. The highest BCUT2D eigenvalue weighted by atomic mass is 32.1. The second-order valence-corrected chi connectivity index (χ2v) is 7.28. The van der Waals surface area contributed by atoms with E-state index >= 15 is 0 Å². The Hall–Kier alpha value is -3.02. The fourth-order valence-electron chi connectivity index (χ4n) is 3.27. The summed E-state index contributed by atoms with van der Waals surface area (Å²) in [6.45, 7) is 6.23. The van der Waals surface area contributed by atoms with Gasteiger partial charge in [-0.1, -0.05) is 29.8 Å². The van der Waals surface area contributed by atoms with Crippen LogP contribution in [0.3, 0.4) is 0 Å². The first-order valence-corrected chi connectivity index (χ1v) is 9.60. The number of nitrogens with zero attached hydrogens (tertiary/aromatic N) is 6. The van der Waals surface area contributed by atoms with Gasteiger partial charge in [0, 0.05) is 37.9 Å². The molecule has 1 N–H and O–H groups in total. The molecule has 0 spiro atoms. The summed E-state index contributed by atoms with van der Waals surface area (Å²) in [4.78, 5) is 13.4. The Morgan fingerprint density at radius 2 is 1.89 bits per heavy atom. The van der Waals surface area contributed by atoms with Crippen molar-refractivity contribution in [1.82, 2.24) is 24.6 Å². The number of H-pyrrole nitrogens is 1. The molecule has 7 nitrogen and oxygen atoms in total. The van der Waals surface area contributed by atoms with Gasteiger partial charge in [-0.3, -0.25) is 10.00 Å². The first kappa shape index (κ1) is 18.3. The van der Waals surface area contributed by atoms with Crippen LogP contribution in [0, 0.1) is 23.0 Å². The number of aryl methyl sites for hydroxylation is 1. The van der Waals surface area contributed by atoms with Crippen molar-refractivity contribution in [3.05, 3.63) is 58.5 Å². The summed E-state index contributed by atoms with van der Waals surface area (Å²) in [5.74, 6) is 1.65. The number of nitrogens with one attached hydrogen (secondary N) is 1. The number of aromatic amines is 1. The van der Waals surface area contributed by atoms with E-state index in [0.29, 0.717) is 17.0 Å². The zero-order valence-corrected chi connectivity index (χ0v) is 16.5. The Balaban J connectivity index is 1.40. The van der Waals surface area contributed by atoms with Crippen molar-refractivity contribution in [3.63, 3.8) is 0 Å². The van der Waals surface area contributed by atoms with E-state index in [1.807, 2.05) is 10.7 Å². The highest BCUT2D eigenvalue weighted by Crippen LogP contribution is 2.17. The number of benzene rings is 1. The lowest BCUT2D eigenvalue weighted by Gasteiger charge is -2.35. The van der Waals surface area contributed by atoms with Crippen LogP contribution >= 0.6 is 12.2 Å². The van der Waals surface area contributed by atoms with Crippen LogP contribution in [0.25, 0.3) is 11.4 Å². The van der Waals surface area contributed by atoms with Gasteiger partial charge in [-0.05, 0) is 31.3 Å². The molecule has 28 heavy (non-hydrogen) atoms.